The molecule has 2 aliphatic heterocycles. The number of hydrogen-bond acceptors (Lipinski definition) is 9. The summed E-state index contributed by atoms with van der Waals surface area (Å²) in [5, 5.41) is 17.4. The number of nitrogens with zero attached hydrogens (tertiary/aromatic N) is 4. The lowest BCUT2D eigenvalue weighted by atomic mass is 9.51. The first-order valence-electron chi connectivity index (χ1n) is 18.2. The topological polar surface area (TPSA) is 131 Å². The van der Waals surface area contributed by atoms with Crippen molar-refractivity contribution in [2.24, 2.45) is 36.1 Å². The summed E-state index contributed by atoms with van der Waals surface area (Å²) in [6, 6.07) is 17.9. The average Bonchev–Trinajstić information content (AvgIpc) is 3.85. The van der Waals surface area contributed by atoms with E-state index in [1.54, 1.807) is 65.5 Å². The van der Waals surface area contributed by atoms with Crippen molar-refractivity contribution in [1.82, 2.24) is 9.78 Å². The van der Waals surface area contributed by atoms with Crippen LogP contribution < -0.4 is 19.3 Å². The van der Waals surface area contributed by atoms with E-state index in [0.717, 1.165) is 30.6 Å². The number of aryl methyl sites for hydroxylation is 2. The van der Waals surface area contributed by atoms with Gasteiger partial charge in [0.1, 0.15) is 11.5 Å². The lowest BCUT2D eigenvalue weighted by Gasteiger charge is -2.49. The molecule has 4 heterocycles. The lowest BCUT2D eigenvalue weighted by Crippen LogP contribution is -2.49. The highest BCUT2D eigenvalue weighted by molar-refractivity contribution is 9.10. The molecule has 5 aromatic rings. The number of ether oxygens (including phenoxy) is 2. The Morgan fingerprint density at radius 1 is 0.929 bits per heavy atom. The van der Waals surface area contributed by atoms with Crippen LogP contribution in [0.3, 0.4) is 0 Å². The summed E-state index contributed by atoms with van der Waals surface area (Å²) in [4.78, 5) is 62.1. The van der Waals surface area contributed by atoms with Gasteiger partial charge in [-0.25, -0.2) is 4.90 Å². The zero-order chi connectivity index (χ0) is 39.5. The molecule has 3 aromatic carbocycles. The van der Waals surface area contributed by atoms with E-state index in [1.165, 1.54) is 24.0 Å². The van der Waals surface area contributed by atoms with Crippen LogP contribution in [0.4, 0.5) is 11.5 Å². The van der Waals surface area contributed by atoms with Gasteiger partial charge in [-0.15, -0.1) is 11.3 Å². The van der Waals surface area contributed by atoms with Crippen molar-refractivity contribution >= 4 is 84.1 Å². The Morgan fingerprint density at radius 3 is 2.30 bits per heavy atom. The third-order valence-electron chi connectivity index (χ3n) is 12.4. The van der Waals surface area contributed by atoms with Gasteiger partial charge in [-0.2, -0.15) is 5.10 Å². The molecule has 4 aliphatic rings. The number of aromatic nitrogens is 2. The van der Waals surface area contributed by atoms with Crippen LogP contribution in [0.2, 0.25) is 5.02 Å². The van der Waals surface area contributed by atoms with Gasteiger partial charge in [0, 0.05) is 33.2 Å². The van der Waals surface area contributed by atoms with Gasteiger partial charge in [0.05, 0.1) is 48.0 Å². The molecule has 0 bridgehead atoms. The van der Waals surface area contributed by atoms with Crippen LogP contribution in [0.15, 0.2) is 76.8 Å². The monoisotopic (exact) mass is 854 g/mol. The molecule has 4 amide bonds. The standard InChI is InChI=1S/C42H36BrClN4O7S/c1-19-26-16-22(44)8-13-32(26)56-37(19)29-18-33(46(3)45-29)48-39(51)28-17-27-24(11-12-25-34(27)40(52)47(38(25)50)23-9-6-21(43)7-10-23)35(42(28,2)41(48)53)20-14-30(54-4)36(49)31(15-20)55-5/h6-11,13-16,18,25,27-28,34-35,49H,12,17H2,1-5H3. The summed E-state index contributed by atoms with van der Waals surface area (Å²) in [6.45, 7) is 3.81. The number of hydrogen-bond donors (Lipinski definition) is 1. The highest BCUT2D eigenvalue weighted by atomic mass is 79.9. The third kappa shape index (κ3) is 5.09. The summed E-state index contributed by atoms with van der Waals surface area (Å²) in [5.41, 5.74) is 2.12. The number of phenolic OH excluding ortho intramolecular Hbond substituents is 1. The first-order chi connectivity index (χ1) is 26.8. The first-order valence-corrected chi connectivity index (χ1v) is 20.2. The highest BCUT2D eigenvalue weighted by Crippen LogP contribution is 2.64. The van der Waals surface area contributed by atoms with E-state index in [-0.39, 0.29) is 41.9 Å². The van der Waals surface area contributed by atoms with Gasteiger partial charge in [0.2, 0.25) is 29.4 Å². The van der Waals surface area contributed by atoms with Gasteiger partial charge in [0.25, 0.3) is 0 Å². The van der Waals surface area contributed by atoms with Crippen molar-refractivity contribution in [2.75, 3.05) is 24.0 Å². The Balaban J connectivity index is 1.18. The quantitative estimate of drug-likeness (QED) is 0.134. The lowest BCUT2D eigenvalue weighted by molar-refractivity contribution is -0.131. The minimum absolute atomic E-state index is 0.134. The minimum Gasteiger partial charge on any atom is -0.502 e. The van der Waals surface area contributed by atoms with E-state index in [0.29, 0.717) is 27.8 Å². The Kier molecular flexibility index (Phi) is 8.53. The molecule has 0 spiro atoms. The number of thiophene rings is 1. The number of imide groups is 2. The first kappa shape index (κ1) is 36.6. The molecular weight excluding hydrogens is 820 g/mol. The van der Waals surface area contributed by atoms with E-state index >= 15 is 4.79 Å². The predicted octanol–water partition coefficient (Wildman–Crippen LogP) is 8.18. The van der Waals surface area contributed by atoms with Crippen LogP contribution >= 0.6 is 38.9 Å². The van der Waals surface area contributed by atoms with Gasteiger partial charge in [0.15, 0.2) is 11.5 Å². The maximum absolute atomic E-state index is 15.2. The second-order valence-electron chi connectivity index (χ2n) is 15.1. The molecular formula is C42H36BrClN4O7S. The van der Waals surface area contributed by atoms with Crippen LogP contribution in [-0.2, 0) is 26.2 Å². The summed E-state index contributed by atoms with van der Waals surface area (Å²) < 4.78 is 14.5. The number of methoxy groups -OCH3 is 2. The Morgan fingerprint density at radius 2 is 1.62 bits per heavy atom. The number of benzene rings is 3. The number of carbonyl (C=O) groups excluding carboxylic acids is 4. The van der Waals surface area contributed by atoms with Gasteiger partial charge < -0.3 is 14.6 Å². The van der Waals surface area contributed by atoms with Crippen molar-refractivity contribution in [3.63, 3.8) is 0 Å². The van der Waals surface area contributed by atoms with Gasteiger partial charge in [-0.1, -0.05) is 39.2 Å². The number of rotatable bonds is 6. The number of phenols is 1. The molecule has 2 aliphatic carbocycles. The van der Waals surface area contributed by atoms with Gasteiger partial charge in [-0.05, 0) is 104 Å². The van der Waals surface area contributed by atoms with Gasteiger partial charge in [-0.3, -0.25) is 28.8 Å². The smallest absolute Gasteiger partial charge is 0.242 e. The van der Waals surface area contributed by atoms with Crippen LogP contribution in [0, 0.1) is 36.0 Å². The minimum atomic E-state index is -1.34. The van der Waals surface area contributed by atoms with Crippen LogP contribution in [-0.4, -0.2) is 52.7 Å². The summed E-state index contributed by atoms with van der Waals surface area (Å²) in [7, 11) is 4.56. The fourth-order valence-corrected chi connectivity index (χ4v) is 11.3. The molecule has 11 nitrogen and oxygen atoms in total. The molecule has 3 fully saturated rings. The van der Waals surface area contributed by atoms with Crippen LogP contribution in [0.25, 0.3) is 20.7 Å². The summed E-state index contributed by atoms with van der Waals surface area (Å²) >= 11 is 11.3. The fourth-order valence-electron chi connectivity index (χ4n) is 9.75. The number of anilines is 2. The normalized spacial score (nSPS) is 25.8. The zero-order valence-corrected chi connectivity index (χ0v) is 34.2. The third-order valence-corrected chi connectivity index (χ3v) is 14.5. The molecule has 286 valence electrons. The van der Waals surface area contributed by atoms with E-state index in [2.05, 4.69) is 15.9 Å². The number of amides is 4. The SMILES string of the molecule is COc1cc(C2C3=CCC4C(=O)N(c5ccc(Br)cc5)C(=O)C4C3CC3C(=O)N(c4cc(-c5sc6ccc(Cl)cc6c5C)nn4C)C(=O)C32C)cc(OC)c1O. The Hall–Kier alpha value is -4.98. The second-order valence-corrected chi connectivity index (χ2v) is 17.5. The predicted molar refractivity (Wildman–Crippen MR) is 216 cm³/mol. The van der Waals surface area contributed by atoms with Crippen LogP contribution in [0.1, 0.15) is 36.8 Å². The summed E-state index contributed by atoms with van der Waals surface area (Å²) in [6.07, 6.45) is 2.45. The van der Waals surface area contributed by atoms with E-state index < -0.39 is 46.8 Å². The maximum Gasteiger partial charge on any atom is 0.242 e. The fraction of sp³-hybridized carbons (Fsp3) is 0.310. The van der Waals surface area contributed by atoms with Crippen molar-refractivity contribution in [3.8, 4) is 27.8 Å². The van der Waals surface area contributed by atoms with Gasteiger partial charge >= 0.3 is 0 Å². The Bertz CT molecular complexity index is 2560. The van der Waals surface area contributed by atoms with Crippen molar-refractivity contribution in [3.05, 3.63) is 92.9 Å². The molecule has 1 saturated carbocycles. The van der Waals surface area contributed by atoms with Crippen molar-refractivity contribution in [1.29, 1.82) is 0 Å². The number of allylic oxidation sites excluding steroid dienone is 2. The zero-order valence-electron chi connectivity index (χ0n) is 31.0. The van der Waals surface area contributed by atoms with E-state index in [4.69, 9.17) is 26.2 Å². The molecule has 2 saturated heterocycles. The molecule has 0 radical (unpaired) electrons. The average molecular weight is 856 g/mol. The molecule has 56 heavy (non-hydrogen) atoms. The second kappa shape index (κ2) is 13.0. The summed E-state index contributed by atoms with van der Waals surface area (Å²) in [5.74, 6) is -4.57. The number of carbonyl (C=O) groups is 4. The highest BCUT2D eigenvalue weighted by Gasteiger charge is 2.68. The number of fused-ring (bicyclic) bond motifs is 5. The van der Waals surface area contributed by atoms with Crippen molar-refractivity contribution in [2.45, 2.75) is 32.6 Å². The number of aromatic hydroxyl groups is 1. The maximum atomic E-state index is 15.2. The Labute approximate surface area is 339 Å². The molecule has 9 rings (SSSR count). The van der Waals surface area contributed by atoms with Crippen LogP contribution in [0.5, 0.6) is 17.2 Å². The van der Waals surface area contributed by atoms with Crippen molar-refractivity contribution < 1.29 is 33.8 Å². The number of halogens is 2. The molecule has 6 atom stereocenters. The molecule has 6 unspecified atom stereocenters. The van der Waals surface area contributed by atoms with E-state index in [9.17, 15) is 19.5 Å². The largest absolute Gasteiger partial charge is 0.502 e. The molecule has 2 aromatic heterocycles. The van der Waals surface area contributed by atoms with E-state index in [1.807, 2.05) is 38.1 Å². The molecule has 14 heteroatoms. The molecule has 1 N–H and O–H groups in total.